The third-order valence-electron chi connectivity index (χ3n) is 8.58. The van der Waals surface area contributed by atoms with Gasteiger partial charge in [0.05, 0.1) is 0 Å². The monoisotopic (exact) mass is 475 g/mol. The Labute approximate surface area is 214 Å². The summed E-state index contributed by atoms with van der Waals surface area (Å²) in [5.41, 5.74) is 9.69. The van der Waals surface area contributed by atoms with Crippen LogP contribution in [0, 0.1) is 6.92 Å². The van der Waals surface area contributed by atoms with Crippen LogP contribution in [-0.2, 0) is 16.2 Å². The van der Waals surface area contributed by atoms with Crippen molar-refractivity contribution >= 4 is 32.7 Å². The van der Waals surface area contributed by atoms with Gasteiger partial charge in [-0.2, -0.15) is 0 Å². The van der Waals surface area contributed by atoms with E-state index in [9.17, 15) is 0 Å². The highest BCUT2D eigenvalue weighted by Crippen LogP contribution is 2.51. The summed E-state index contributed by atoms with van der Waals surface area (Å²) in [7, 11) is 0. The van der Waals surface area contributed by atoms with Crippen molar-refractivity contribution in [3.8, 4) is 11.3 Å². The quantitative estimate of drug-likeness (QED) is 0.241. The van der Waals surface area contributed by atoms with Gasteiger partial charge in [-0.1, -0.05) is 78.8 Å². The zero-order valence-electron chi connectivity index (χ0n) is 23.0. The zero-order valence-corrected chi connectivity index (χ0v) is 23.0. The standard InChI is InChI=1S/C34H37NO/c1-20-17-26-28(34(7,8)15-14-33(26,5)6)31-27(20)24-13-16-35-29(30(24)36-31)22-18-21-11-9-10-12-23(21)25(19-22)32(2,3)4/h9-13,16-19H,14-15H2,1-8H3. The Morgan fingerprint density at radius 1 is 0.833 bits per heavy atom. The second kappa shape index (κ2) is 7.44. The Bertz CT molecular complexity index is 1670. The van der Waals surface area contributed by atoms with Crippen LogP contribution in [0.5, 0.6) is 0 Å². The van der Waals surface area contributed by atoms with Gasteiger partial charge in [0, 0.05) is 28.1 Å². The number of furan rings is 1. The first-order chi connectivity index (χ1) is 16.9. The predicted molar refractivity (Wildman–Crippen MR) is 153 cm³/mol. The molecule has 0 unspecified atom stereocenters. The van der Waals surface area contributed by atoms with Crippen molar-refractivity contribution in [3.63, 3.8) is 0 Å². The molecule has 36 heavy (non-hydrogen) atoms. The lowest BCUT2D eigenvalue weighted by Crippen LogP contribution is -2.34. The summed E-state index contributed by atoms with van der Waals surface area (Å²) < 4.78 is 6.92. The van der Waals surface area contributed by atoms with Crippen LogP contribution in [0.1, 0.15) is 83.6 Å². The summed E-state index contributed by atoms with van der Waals surface area (Å²) in [6.45, 7) is 18.6. The second-order valence-corrected chi connectivity index (χ2v) is 13.2. The molecular formula is C34H37NO. The average Bonchev–Trinajstić information content (AvgIpc) is 3.20. The van der Waals surface area contributed by atoms with Crippen molar-refractivity contribution in [3.05, 3.63) is 77.0 Å². The van der Waals surface area contributed by atoms with E-state index < -0.39 is 0 Å². The maximum absolute atomic E-state index is 6.92. The van der Waals surface area contributed by atoms with E-state index >= 15 is 0 Å². The first-order valence-electron chi connectivity index (χ1n) is 13.3. The van der Waals surface area contributed by atoms with Gasteiger partial charge < -0.3 is 4.42 Å². The normalized spacial score (nSPS) is 17.1. The summed E-state index contributed by atoms with van der Waals surface area (Å²) in [5.74, 6) is 0. The molecule has 2 heterocycles. The van der Waals surface area contributed by atoms with Gasteiger partial charge in [-0.3, -0.25) is 4.98 Å². The van der Waals surface area contributed by atoms with Gasteiger partial charge in [0.15, 0.2) is 5.58 Å². The van der Waals surface area contributed by atoms with E-state index in [0.29, 0.717) is 0 Å². The van der Waals surface area contributed by atoms with Crippen molar-refractivity contribution in [2.75, 3.05) is 0 Å². The maximum atomic E-state index is 6.92. The van der Waals surface area contributed by atoms with Gasteiger partial charge in [0.25, 0.3) is 0 Å². The fourth-order valence-corrected chi connectivity index (χ4v) is 6.44. The molecule has 0 aliphatic heterocycles. The van der Waals surface area contributed by atoms with Crippen LogP contribution >= 0.6 is 0 Å². The lowest BCUT2D eigenvalue weighted by atomic mass is 9.62. The highest BCUT2D eigenvalue weighted by Gasteiger charge is 2.40. The molecule has 0 atom stereocenters. The van der Waals surface area contributed by atoms with Crippen molar-refractivity contribution in [2.45, 2.75) is 84.5 Å². The average molecular weight is 476 g/mol. The van der Waals surface area contributed by atoms with Gasteiger partial charge in [0.2, 0.25) is 0 Å². The summed E-state index contributed by atoms with van der Waals surface area (Å²) >= 11 is 0. The van der Waals surface area contributed by atoms with E-state index in [1.165, 1.54) is 50.2 Å². The SMILES string of the molecule is Cc1cc2c(c3oc4c(-c5cc(C(C)(C)C)c6ccccc6c5)nccc4c13)C(C)(C)CCC2(C)C. The molecule has 6 rings (SSSR count). The number of pyridine rings is 1. The van der Waals surface area contributed by atoms with Gasteiger partial charge in [-0.25, -0.2) is 0 Å². The molecule has 0 saturated heterocycles. The number of rotatable bonds is 1. The molecule has 0 radical (unpaired) electrons. The number of fused-ring (bicyclic) bond motifs is 6. The van der Waals surface area contributed by atoms with E-state index in [2.05, 4.69) is 104 Å². The Balaban J connectivity index is 1.71. The topological polar surface area (TPSA) is 26.0 Å². The zero-order chi connectivity index (χ0) is 25.6. The first kappa shape index (κ1) is 23.3. The van der Waals surface area contributed by atoms with Gasteiger partial charge in [-0.05, 0) is 81.7 Å². The van der Waals surface area contributed by atoms with Crippen LogP contribution in [0.3, 0.4) is 0 Å². The van der Waals surface area contributed by atoms with Gasteiger partial charge in [-0.15, -0.1) is 0 Å². The van der Waals surface area contributed by atoms with Gasteiger partial charge >= 0.3 is 0 Å². The van der Waals surface area contributed by atoms with Gasteiger partial charge in [0.1, 0.15) is 11.3 Å². The molecule has 2 heteroatoms. The number of aromatic nitrogens is 1. The fourth-order valence-electron chi connectivity index (χ4n) is 6.44. The van der Waals surface area contributed by atoms with Crippen LogP contribution in [0.25, 0.3) is 44.0 Å². The number of hydrogen-bond donors (Lipinski definition) is 0. The molecule has 0 N–H and O–H groups in total. The Hall–Kier alpha value is -3.13. The van der Waals surface area contributed by atoms with E-state index in [-0.39, 0.29) is 16.2 Å². The van der Waals surface area contributed by atoms with Crippen LogP contribution < -0.4 is 0 Å². The highest BCUT2D eigenvalue weighted by atomic mass is 16.3. The van der Waals surface area contributed by atoms with Crippen molar-refractivity contribution < 1.29 is 4.42 Å². The van der Waals surface area contributed by atoms with Crippen molar-refractivity contribution in [1.29, 1.82) is 0 Å². The summed E-state index contributed by atoms with van der Waals surface area (Å²) in [5, 5.41) is 4.96. The summed E-state index contributed by atoms with van der Waals surface area (Å²) in [6, 6.07) is 17.9. The smallest absolute Gasteiger partial charge is 0.161 e. The van der Waals surface area contributed by atoms with Crippen LogP contribution in [0.2, 0.25) is 0 Å². The molecule has 0 bridgehead atoms. The van der Waals surface area contributed by atoms with E-state index in [0.717, 1.165) is 28.8 Å². The summed E-state index contributed by atoms with van der Waals surface area (Å²) in [6.07, 6.45) is 4.30. The van der Waals surface area contributed by atoms with E-state index in [1.54, 1.807) is 0 Å². The molecule has 3 aromatic carbocycles. The fraction of sp³-hybridized carbons (Fsp3) is 0.382. The van der Waals surface area contributed by atoms with Crippen LogP contribution in [-0.4, -0.2) is 4.98 Å². The summed E-state index contributed by atoms with van der Waals surface area (Å²) in [4.78, 5) is 4.92. The minimum Gasteiger partial charge on any atom is -0.453 e. The van der Waals surface area contributed by atoms with Crippen molar-refractivity contribution in [1.82, 2.24) is 4.98 Å². The third kappa shape index (κ3) is 3.34. The number of aryl methyl sites for hydroxylation is 1. The molecule has 0 saturated carbocycles. The minimum absolute atomic E-state index is 0.0165. The predicted octanol–water partition coefficient (Wildman–Crippen LogP) is 9.76. The largest absolute Gasteiger partial charge is 0.453 e. The third-order valence-corrected chi connectivity index (χ3v) is 8.58. The lowest BCUT2D eigenvalue weighted by Gasteiger charge is -2.41. The number of nitrogens with zero attached hydrogens (tertiary/aromatic N) is 1. The molecule has 1 aliphatic rings. The molecule has 5 aromatic rings. The Morgan fingerprint density at radius 2 is 1.56 bits per heavy atom. The number of hydrogen-bond acceptors (Lipinski definition) is 2. The molecule has 2 aromatic heterocycles. The second-order valence-electron chi connectivity index (χ2n) is 13.2. The molecule has 2 nitrogen and oxygen atoms in total. The molecule has 0 amide bonds. The Kier molecular flexibility index (Phi) is 4.81. The van der Waals surface area contributed by atoms with E-state index in [4.69, 9.17) is 9.40 Å². The first-order valence-corrected chi connectivity index (χ1v) is 13.3. The minimum atomic E-state index is 0.0165. The molecule has 0 spiro atoms. The Morgan fingerprint density at radius 3 is 2.31 bits per heavy atom. The molecule has 1 aliphatic carbocycles. The van der Waals surface area contributed by atoms with Crippen LogP contribution in [0.4, 0.5) is 0 Å². The number of benzene rings is 3. The van der Waals surface area contributed by atoms with E-state index in [1.807, 2.05) is 6.20 Å². The highest BCUT2D eigenvalue weighted by molar-refractivity contribution is 6.12. The lowest BCUT2D eigenvalue weighted by molar-refractivity contribution is 0.331. The molecular weight excluding hydrogens is 438 g/mol. The maximum Gasteiger partial charge on any atom is 0.161 e. The molecule has 0 fully saturated rings. The van der Waals surface area contributed by atoms with Crippen LogP contribution in [0.15, 0.2) is 59.1 Å². The van der Waals surface area contributed by atoms with Crippen molar-refractivity contribution in [2.24, 2.45) is 0 Å². The molecule has 184 valence electrons.